The quantitative estimate of drug-likeness (QED) is 0.814. The SMILES string of the molecule is CCc1oc(C(=O)NCC(C)Oc2cccc(C)c2)cc1C(=O)O. The number of aryl methyl sites for hydroxylation is 2. The molecule has 6 heteroatoms. The van der Waals surface area contributed by atoms with E-state index in [4.69, 9.17) is 14.3 Å². The third-order valence-corrected chi connectivity index (χ3v) is 3.46. The van der Waals surface area contributed by atoms with E-state index in [1.54, 1.807) is 6.92 Å². The van der Waals surface area contributed by atoms with Crippen LogP contribution in [0.15, 0.2) is 34.7 Å². The lowest BCUT2D eigenvalue weighted by Crippen LogP contribution is -2.33. The second-order valence-electron chi connectivity index (χ2n) is 5.56. The van der Waals surface area contributed by atoms with Crippen LogP contribution >= 0.6 is 0 Å². The maximum atomic E-state index is 12.1. The zero-order valence-electron chi connectivity index (χ0n) is 14.0. The minimum Gasteiger partial charge on any atom is -0.489 e. The van der Waals surface area contributed by atoms with Crippen LogP contribution in [0.4, 0.5) is 0 Å². The van der Waals surface area contributed by atoms with E-state index in [0.29, 0.717) is 6.42 Å². The third kappa shape index (κ3) is 4.38. The van der Waals surface area contributed by atoms with Crippen LogP contribution in [0.5, 0.6) is 5.75 Å². The Balaban J connectivity index is 1.94. The van der Waals surface area contributed by atoms with Crippen molar-refractivity contribution in [2.45, 2.75) is 33.3 Å². The summed E-state index contributed by atoms with van der Waals surface area (Å²) in [4.78, 5) is 23.2. The molecule has 1 amide bonds. The summed E-state index contributed by atoms with van der Waals surface area (Å²) in [5, 5.41) is 11.8. The predicted octanol–water partition coefficient (Wildman–Crippen LogP) is 3.05. The lowest BCUT2D eigenvalue weighted by molar-refractivity contribution is 0.0694. The Morgan fingerprint density at radius 3 is 2.67 bits per heavy atom. The second-order valence-corrected chi connectivity index (χ2v) is 5.56. The molecule has 0 saturated carbocycles. The van der Waals surface area contributed by atoms with Crippen LogP contribution < -0.4 is 10.1 Å². The molecular weight excluding hydrogens is 310 g/mol. The number of carboxylic acids is 1. The topological polar surface area (TPSA) is 88.8 Å². The number of carbonyl (C=O) groups is 2. The van der Waals surface area contributed by atoms with Gasteiger partial charge in [-0.05, 0) is 31.5 Å². The summed E-state index contributed by atoms with van der Waals surface area (Å²) in [5.74, 6) is -0.553. The standard InChI is InChI=1S/C18H21NO5/c1-4-15-14(18(21)22)9-16(24-15)17(20)19-10-12(3)23-13-7-5-6-11(2)8-13/h5-9,12H,4,10H2,1-3H3,(H,19,20)(H,21,22). The first-order chi connectivity index (χ1) is 11.4. The molecule has 2 aromatic rings. The molecule has 1 heterocycles. The van der Waals surface area contributed by atoms with E-state index in [9.17, 15) is 9.59 Å². The predicted molar refractivity (Wildman–Crippen MR) is 88.6 cm³/mol. The number of furan rings is 1. The number of amides is 1. The highest BCUT2D eigenvalue weighted by Gasteiger charge is 2.20. The molecule has 0 saturated heterocycles. The van der Waals surface area contributed by atoms with Gasteiger partial charge in [-0.1, -0.05) is 19.1 Å². The van der Waals surface area contributed by atoms with E-state index < -0.39 is 11.9 Å². The molecule has 0 radical (unpaired) electrons. The van der Waals surface area contributed by atoms with Crippen molar-refractivity contribution in [1.82, 2.24) is 5.32 Å². The molecule has 1 atom stereocenters. The van der Waals surface area contributed by atoms with Crippen molar-refractivity contribution < 1.29 is 23.8 Å². The first-order valence-electron chi connectivity index (χ1n) is 7.78. The molecule has 128 valence electrons. The molecule has 1 aromatic heterocycles. The van der Waals surface area contributed by atoms with Gasteiger partial charge in [-0.2, -0.15) is 0 Å². The number of hydrogen-bond donors (Lipinski definition) is 2. The van der Waals surface area contributed by atoms with Crippen LogP contribution in [0.1, 0.15) is 46.1 Å². The van der Waals surface area contributed by atoms with Crippen molar-refractivity contribution in [2.75, 3.05) is 6.54 Å². The maximum absolute atomic E-state index is 12.1. The number of ether oxygens (including phenoxy) is 1. The minimum atomic E-state index is -1.11. The molecule has 0 fully saturated rings. The average molecular weight is 331 g/mol. The molecule has 0 aliphatic heterocycles. The fourth-order valence-electron chi connectivity index (χ4n) is 2.27. The highest BCUT2D eigenvalue weighted by atomic mass is 16.5. The van der Waals surface area contributed by atoms with Crippen molar-refractivity contribution in [2.24, 2.45) is 0 Å². The molecule has 0 bridgehead atoms. The molecule has 2 rings (SSSR count). The first-order valence-corrected chi connectivity index (χ1v) is 7.78. The lowest BCUT2D eigenvalue weighted by Gasteiger charge is -2.15. The van der Waals surface area contributed by atoms with Crippen LogP contribution in [0, 0.1) is 6.92 Å². The molecule has 1 aromatic carbocycles. The van der Waals surface area contributed by atoms with Gasteiger partial charge in [-0.3, -0.25) is 4.79 Å². The van der Waals surface area contributed by atoms with Crippen molar-refractivity contribution in [1.29, 1.82) is 0 Å². The fourth-order valence-corrected chi connectivity index (χ4v) is 2.27. The van der Waals surface area contributed by atoms with Crippen LogP contribution in [0.25, 0.3) is 0 Å². The van der Waals surface area contributed by atoms with Gasteiger partial charge in [0.2, 0.25) is 0 Å². The van der Waals surface area contributed by atoms with E-state index in [1.807, 2.05) is 38.1 Å². The molecule has 0 aliphatic carbocycles. The summed E-state index contributed by atoms with van der Waals surface area (Å²) >= 11 is 0. The number of nitrogens with one attached hydrogen (secondary N) is 1. The molecule has 1 unspecified atom stereocenters. The Hall–Kier alpha value is -2.76. The highest BCUT2D eigenvalue weighted by molar-refractivity contribution is 5.96. The zero-order chi connectivity index (χ0) is 17.7. The van der Waals surface area contributed by atoms with Gasteiger partial charge in [-0.25, -0.2) is 4.79 Å². The Morgan fingerprint density at radius 2 is 2.08 bits per heavy atom. The minimum absolute atomic E-state index is 0.00740. The Bertz CT molecular complexity index is 735. The van der Waals surface area contributed by atoms with E-state index in [-0.39, 0.29) is 29.7 Å². The monoisotopic (exact) mass is 331 g/mol. The van der Waals surface area contributed by atoms with Crippen molar-refractivity contribution in [3.05, 3.63) is 53.0 Å². The van der Waals surface area contributed by atoms with Gasteiger partial charge in [0.15, 0.2) is 5.76 Å². The highest BCUT2D eigenvalue weighted by Crippen LogP contribution is 2.17. The molecular formula is C18H21NO5. The molecule has 0 spiro atoms. The zero-order valence-corrected chi connectivity index (χ0v) is 14.0. The fraction of sp³-hybridized carbons (Fsp3) is 0.333. The Kier molecular flexibility index (Phi) is 5.63. The van der Waals surface area contributed by atoms with Crippen LogP contribution in [0.2, 0.25) is 0 Å². The van der Waals surface area contributed by atoms with Crippen LogP contribution in [-0.2, 0) is 6.42 Å². The third-order valence-electron chi connectivity index (χ3n) is 3.46. The molecule has 6 nitrogen and oxygen atoms in total. The number of rotatable bonds is 7. The summed E-state index contributed by atoms with van der Waals surface area (Å²) in [6.45, 7) is 5.86. The number of benzene rings is 1. The Labute approximate surface area is 140 Å². The van der Waals surface area contributed by atoms with Gasteiger partial charge in [0, 0.05) is 12.5 Å². The van der Waals surface area contributed by atoms with Gasteiger partial charge >= 0.3 is 5.97 Å². The summed E-state index contributed by atoms with van der Waals surface area (Å²) in [7, 11) is 0. The normalized spacial score (nSPS) is 11.8. The smallest absolute Gasteiger partial charge is 0.339 e. The van der Waals surface area contributed by atoms with E-state index in [1.165, 1.54) is 6.07 Å². The van der Waals surface area contributed by atoms with Crippen LogP contribution in [0.3, 0.4) is 0 Å². The van der Waals surface area contributed by atoms with E-state index in [2.05, 4.69) is 5.32 Å². The molecule has 0 aliphatic rings. The number of carbonyl (C=O) groups excluding carboxylic acids is 1. The summed E-state index contributed by atoms with van der Waals surface area (Å²) < 4.78 is 11.0. The van der Waals surface area contributed by atoms with Gasteiger partial charge in [0.25, 0.3) is 5.91 Å². The first kappa shape index (κ1) is 17.6. The van der Waals surface area contributed by atoms with Gasteiger partial charge in [0.1, 0.15) is 23.2 Å². The van der Waals surface area contributed by atoms with E-state index in [0.717, 1.165) is 11.3 Å². The summed E-state index contributed by atoms with van der Waals surface area (Å²) in [5.41, 5.74) is 1.11. The average Bonchev–Trinajstić information content (AvgIpc) is 2.97. The lowest BCUT2D eigenvalue weighted by atomic mass is 10.2. The van der Waals surface area contributed by atoms with Crippen molar-refractivity contribution in [3.8, 4) is 5.75 Å². The van der Waals surface area contributed by atoms with Gasteiger partial charge < -0.3 is 19.6 Å². The maximum Gasteiger partial charge on any atom is 0.339 e. The second kappa shape index (κ2) is 7.68. The van der Waals surface area contributed by atoms with Gasteiger partial charge in [-0.15, -0.1) is 0 Å². The van der Waals surface area contributed by atoms with Gasteiger partial charge in [0.05, 0.1) is 6.54 Å². The van der Waals surface area contributed by atoms with Crippen molar-refractivity contribution in [3.63, 3.8) is 0 Å². The number of hydrogen-bond acceptors (Lipinski definition) is 4. The largest absolute Gasteiger partial charge is 0.489 e. The molecule has 24 heavy (non-hydrogen) atoms. The van der Waals surface area contributed by atoms with Crippen LogP contribution in [-0.4, -0.2) is 29.6 Å². The van der Waals surface area contributed by atoms with Crippen molar-refractivity contribution >= 4 is 11.9 Å². The Morgan fingerprint density at radius 1 is 1.33 bits per heavy atom. The molecule has 2 N–H and O–H groups in total. The summed E-state index contributed by atoms with van der Waals surface area (Å²) in [6.07, 6.45) is 0.164. The van der Waals surface area contributed by atoms with E-state index >= 15 is 0 Å². The number of aromatic carboxylic acids is 1. The number of carboxylic acid groups (broad SMARTS) is 1. The summed E-state index contributed by atoms with van der Waals surface area (Å²) in [6, 6.07) is 8.89.